The summed E-state index contributed by atoms with van der Waals surface area (Å²) >= 11 is 2.45. The topological polar surface area (TPSA) is 52.3 Å². The van der Waals surface area contributed by atoms with Gasteiger partial charge in [0.1, 0.15) is 5.75 Å². The third-order valence-electron chi connectivity index (χ3n) is 4.23. The number of hydrogen-bond donors (Lipinski definition) is 1. The van der Waals surface area contributed by atoms with Gasteiger partial charge < -0.3 is 10.5 Å². The van der Waals surface area contributed by atoms with Crippen LogP contribution in [-0.4, -0.2) is 24.5 Å². The number of Topliss-reactive ketones (excluding diaryl/α,β-unsaturated/α-hetero) is 1. The van der Waals surface area contributed by atoms with Gasteiger partial charge in [0.25, 0.3) is 0 Å². The zero-order chi connectivity index (χ0) is 25.6. The molecule has 0 unspecified atom stereocenters. The van der Waals surface area contributed by atoms with E-state index in [1.165, 1.54) is 0 Å². The first kappa shape index (κ1) is 26.7. The lowest BCUT2D eigenvalue weighted by Gasteiger charge is -2.31. The third-order valence-corrected chi connectivity index (χ3v) is 4.93. The predicted octanol–water partition coefficient (Wildman–Crippen LogP) is 6.78. The number of anilines is 1. The molecule has 2 aromatic rings. The second-order valence-electron chi connectivity index (χ2n) is 6.45. The fourth-order valence-electron chi connectivity index (χ4n) is 2.71. The van der Waals surface area contributed by atoms with E-state index < -0.39 is 81.1 Å². The zero-order valence-electron chi connectivity index (χ0n) is 15.5. The number of nitrogen functional groups attached to an aromatic ring is 1. The maximum atomic E-state index is 14.3. The van der Waals surface area contributed by atoms with E-state index in [-0.39, 0.29) is 6.07 Å². The van der Waals surface area contributed by atoms with Crippen LogP contribution in [0.15, 0.2) is 34.8 Å². The summed E-state index contributed by atoms with van der Waals surface area (Å²) in [5.41, 5.74) is -5.25. The molecule has 2 rings (SSSR count). The molecule has 0 aliphatic rings. The van der Waals surface area contributed by atoms with Crippen molar-refractivity contribution in [1.82, 2.24) is 0 Å². The van der Waals surface area contributed by atoms with Gasteiger partial charge in [0.15, 0.2) is 11.6 Å². The standard InChI is InChI=1S/C18H9BrF11NO2/c19-10-4-7(15(21,16(22,23)24)17(25,26)27)5-13(33-18(28,29)30)9(10)6-12(32)8-2-1-3-11(31)14(8)20/h1-5H,6,31H2. The summed E-state index contributed by atoms with van der Waals surface area (Å²) < 4.78 is 147. The Morgan fingerprint density at radius 2 is 1.48 bits per heavy atom. The molecule has 182 valence electrons. The fourth-order valence-corrected chi connectivity index (χ4v) is 3.29. The molecule has 0 saturated heterocycles. The Kier molecular flexibility index (Phi) is 6.99. The highest BCUT2D eigenvalue weighted by Crippen LogP contribution is 2.54. The van der Waals surface area contributed by atoms with E-state index in [9.17, 15) is 53.1 Å². The molecular formula is C18H9BrF11NO2. The van der Waals surface area contributed by atoms with Crippen LogP contribution in [0, 0.1) is 5.82 Å². The van der Waals surface area contributed by atoms with Crippen LogP contribution >= 0.6 is 15.9 Å². The number of halogens is 12. The minimum absolute atomic E-state index is 0.0947. The largest absolute Gasteiger partial charge is 0.573 e. The average molecular weight is 560 g/mol. The van der Waals surface area contributed by atoms with E-state index >= 15 is 0 Å². The van der Waals surface area contributed by atoms with E-state index in [1.807, 2.05) is 0 Å². The lowest BCUT2D eigenvalue weighted by atomic mass is 9.91. The molecule has 2 aromatic carbocycles. The first-order chi connectivity index (χ1) is 14.8. The molecule has 0 bridgehead atoms. The number of carbonyl (C=O) groups is 1. The summed E-state index contributed by atoms with van der Waals surface area (Å²) in [6.45, 7) is 0. The molecule has 0 saturated carbocycles. The monoisotopic (exact) mass is 559 g/mol. The van der Waals surface area contributed by atoms with Crippen LogP contribution < -0.4 is 10.5 Å². The molecule has 33 heavy (non-hydrogen) atoms. The minimum atomic E-state index is -6.62. The van der Waals surface area contributed by atoms with Crippen LogP contribution in [0.4, 0.5) is 54.0 Å². The molecule has 0 atom stereocenters. The third kappa shape index (κ3) is 5.33. The van der Waals surface area contributed by atoms with Crippen LogP contribution in [0.3, 0.4) is 0 Å². The van der Waals surface area contributed by atoms with Crippen molar-refractivity contribution < 1.29 is 57.8 Å². The van der Waals surface area contributed by atoms with Crippen LogP contribution in [0.5, 0.6) is 5.75 Å². The van der Waals surface area contributed by atoms with Crippen molar-refractivity contribution in [3.63, 3.8) is 0 Å². The second-order valence-corrected chi connectivity index (χ2v) is 7.30. The number of hydrogen-bond acceptors (Lipinski definition) is 3. The highest BCUT2D eigenvalue weighted by molar-refractivity contribution is 9.10. The zero-order valence-corrected chi connectivity index (χ0v) is 17.1. The van der Waals surface area contributed by atoms with E-state index in [0.29, 0.717) is 0 Å². The van der Waals surface area contributed by atoms with Crippen molar-refractivity contribution in [2.75, 3.05) is 5.73 Å². The molecule has 0 amide bonds. The van der Waals surface area contributed by atoms with Gasteiger partial charge in [-0.2, -0.15) is 26.3 Å². The van der Waals surface area contributed by atoms with Gasteiger partial charge in [0.05, 0.1) is 11.3 Å². The van der Waals surface area contributed by atoms with Gasteiger partial charge in [-0.25, -0.2) is 8.78 Å². The van der Waals surface area contributed by atoms with Crippen molar-refractivity contribution in [2.45, 2.75) is 30.8 Å². The van der Waals surface area contributed by atoms with Gasteiger partial charge in [-0.15, -0.1) is 13.2 Å². The Balaban J connectivity index is 2.70. The van der Waals surface area contributed by atoms with Crippen molar-refractivity contribution >= 4 is 27.4 Å². The predicted molar refractivity (Wildman–Crippen MR) is 94.6 cm³/mol. The van der Waals surface area contributed by atoms with Gasteiger partial charge >= 0.3 is 24.4 Å². The average Bonchev–Trinajstić information content (AvgIpc) is 2.62. The van der Waals surface area contributed by atoms with E-state index in [4.69, 9.17) is 5.73 Å². The van der Waals surface area contributed by atoms with Gasteiger partial charge in [-0.3, -0.25) is 4.79 Å². The summed E-state index contributed by atoms with van der Waals surface area (Å²) in [5, 5.41) is 0. The normalized spacial score (nSPS) is 13.2. The van der Waals surface area contributed by atoms with Gasteiger partial charge in [-0.05, 0) is 24.3 Å². The molecular weight excluding hydrogens is 551 g/mol. The van der Waals surface area contributed by atoms with Crippen molar-refractivity contribution in [3.05, 3.63) is 57.3 Å². The molecule has 0 aliphatic heterocycles. The number of benzene rings is 2. The maximum Gasteiger partial charge on any atom is 0.573 e. The fraction of sp³-hybridized carbons (Fsp3) is 0.278. The SMILES string of the molecule is Nc1cccc(C(=O)Cc2c(Br)cc(C(F)(C(F)(F)F)C(F)(F)F)cc2OC(F)(F)F)c1F. The van der Waals surface area contributed by atoms with E-state index in [2.05, 4.69) is 20.7 Å². The van der Waals surface area contributed by atoms with Crippen LogP contribution in [0.25, 0.3) is 0 Å². The smallest absolute Gasteiger partial charge is 0.405 e. The first-order valence-corrected chi connectivity index (χ1v) is 9.07. The Morgan fingerprint density at radius 1 is 0.939 bits per heavy atom. The van der Waals surface area contributed by atoms with Crippen LogP contribution in [-0.2, 0) is 12.1 Å². The van der Waals surface area contributed by atoms with Crippen molar-refractivity contribution in [3.8, 4) is 5.75 Å². The lowest BCUT2D eigenvalue weighted by molar-refractivity contribution is -0.348. The minimum Gasteiger partial charge on any atom is -0.405 e. The quantitative estimate of drug-likeness (QED) is 0.249. The Hall–Kier alpha value is -2.58. The molecule has 15 heteroatoms. The van der Waals surface area contributed by atoms with Crippen molar-refractivity contribution in [2.24, 2.45) is 0 Å². The molecule has 3 nitrogen and oxygen atoms in total. The van der Waals surface area contributed by atoms with E-state index in [1.54, 1.807) is 0 Å². The molecule has 0 heterocycles. The number of rotatable bonds is 5. The van der Waals surface area contributed by atoms with Crippen LogP contribution in [0.2, 0.25) is 0 Å². The molecule has 0 fully saturated rings. The van der Waals surface area contributed by atoms with Crippen molar-refractivity contribution in [1.29, 1.82) is 0 Å². The molecule has 0 radical (unpaired) electrons. The first-order valence-electron chi connectivity index (χ1n) is 8.27. The Bertz CT molecular complexity index is 1050. The summed E-state index contributed by atoms with van der Waals surface area (Å²) in [6.07, 6.45) is -20.1. The second kappa shape index (κ2) is 8.65. The number of nitrogens with two attached hydrogens (primary N) is 1. The highest BCUT2D eigenvalue weighted by Gasteiger charge is 2.73. The summed E-state index contributed by atoms with van der Waals surface area (Å²) in [7, 11) is 0. The Labute approximate surface area is 185 Å². The van der Waals surface area contributed by atoms with Crippen LogP contribution in [0.1, 0.15) is 21.5 Å². The molecule has 0 aliphatic carbocycles. The summed E-state index contributed by atoms with van der Waals surface area (Å²) in [4.78, 5) is 12.4. The summed E-state index contributed by atoms with van der Waals surface area (Å²) in [5.74, 6) is -4.25. The van der Waals surface area contributed by atoms with Gasteiger partial charge in [0, 0.05) is 22.0 Å². The van der Waals surface area contributed by atoms with Gasteiger partial charge in [0.2, 0.25) is 0 Å². The maximum absolute atomic E-state index is 14.3. The van der Waals surface area contributed by atoms with Gasteiger partial charge in [-0.1, -0.05) is 22.0 Å². The number of ether oxygens (including phenoxy) is 1. The highest BCUT2D eigenvalue weighted by atomic mass is 79.9. The lowest BCUT2D eigenvalue weighted by Crippen LogP contribution is -2.50. The Morgan fingerprint density at radius 3 is 1.97 bits per heavy atom. The number of carbonyl (C=O) groups excluding carboxylic acids is 1. The molecule has 2 N–H and O–H groups in total. The molecule has 0 spiro atoms. The number of alkyl halides is 10. The number of ketones is 1. The summed E-state index contributed by atoms with van der Waals surface area (Å²) in [6, 6.07) is 2.48. The molecule has 0 aromatic heterocycles. The van der Waals surface area contributed by atoms with E-state index in [0.717, 1.165) is 18.2 Å².